The lowest BCUT2D eigenvalue weighted by Crippen LogP contribution is -2.31. The number of fused-ring (bicyclic) bond motifs is 1. The van der Waals surface area contributed by atoms with Crippen molar-refractivity contribution in [1.29, 1.82) is 0 Å². The number of carbonyl (C=O) groups is 2. The van der Waals surface area contributed by atoms with Crippen LogP contribution in [0.25, 0.3) is 10.2 Å². The Morgan fingerprint density at radius 2 is 2.03 bits per heavy atom. The third-order valence-corrected chi connectivity index (χ3v) is 5.12. The molecule has 2 heterocycles. The summed E-state index contributed by atoms with van der Waals surface area (Å²) in [6.45, 7) is 1.34. The van der Waals surface area contributed by atoms with E-state index in [2.05, 4.69) is 10.3 Å². The largest absolute Gasteiger partial charge is 0.478 e. The van der Waals surface area contributed by atoms with Crippen LogP contribution in [0.3, 0.4) is 0 Å². The highest BCUT2D eigenvalue weighted by Gasteiger charge is 2.30. The Labute approximate surface area is 171 Å². The third kappa shape index (κ3) is 4.35. The van der Waals surface area contributed by atoms with Gasteiger partial charge in [-0.2, -0.15) is 13.2 Å². The first-order valence-electron chi connectivity index (χ1n) is 8.83. The number of nitrogens with zero attached hydrogens (tertiary/aromatic N) is 2. The third-order valence-electron chi connectivity index (χ3n) is 4.25. The number of aromatic nitrogens is 2. The second-order valence-electron chi connectivity index (χ2n) is 6.43. The van der Waals surface area contributed by atoms with Gasteiger partial charge in [0.05, 0.1) is 16.5 Å². The summed E-state index contributed by atoms with van der Waals surface area (Å²) in [5.74, 6) is -1.72. The van der Waals surface area contributed by atoms with E-state index < -0.39 is 35.7 Å². The number of nitrogens with one attached hydrogen (secondary N) is 1. The minimum absolute atomic E-state index is 0.0734. The number of halogens is 3. The summed E-state index contributed by atoms with van der Waals surface area (Å²) in [4.78, 5) is 41.3. The first-order valence-corrected chi connectivity index (χ1v) is 9.71. The Balaban J connectivity index is 1.96. The summed E-state index contributed by atoms with van der Waals surface area (Å²) >= 11 is 1.02. The van der Waals surface area contributed by atoms with Crippen LogP contribution in [0.2, 0.25) is 0 Å². The van der Waals surface area contributed by atoms with E-state index in [1.165, 1.54) is 11.4 Å². The van der Waals surface area contributed by atoms with Gasteiger partial charge in [0.2, 0.25) is 5.91 Å². The van der Waals surface area contributed by atoms with Crippen molar-refractivity contribution in [3.63, 3.8) is 0 Å². The van der Waals surface area contributed by atoms with E-state index in [9.17, 15) is 32.7 Å². The quantitative estimate of drug-likeness (QED) is 0.609. The predicted octanol–water partition coefficient (Wildman–Crippen LogP) is 3.77. The molecule has 0 unspecified atom stereocenters. The second kappa shape index (κ2) is 8.27. The Morgan fingerprint density at radius 1 is 1.30 bits per heavy atom. The molecule has 0 radical (unpaired) electrons. The van der Waals surface area contributed by atoms with Crippen molar-refractivity contribution in [2.45, 2.75) is 32.5 Å². The van der Waals surface area contributed by atoms with Crippen LogP contribution in [0, 0.1) is 0 Å². The van der Waals surface area contributed by atoms with E-state index in [1.54, 1.807) is 0 Å². The number of hydrogen-bond acceptors (Lipinski definition) is 5. The lowest BCUT2D eigenvalue weighted by molar-refractivity contribution is -0.137. The molecule has 0 aliphatic rings. The molecule has 3 aromatic rings. The number of hydrogen-bond donors (Lipinski definition) is 2. The van der Waals surface area contributed by atoms with Crippen LogP contribution < -0.4 is 10.9 Å². The van der Waals surface area contributed by atoms with E-state index in [-0.39, 0.29) is 21.5 Å². The summed E-state index contributed by atoms with van der Waals surface area (Å²) in [6.07, 6.45) is -3.58. The number of aromatic carboxylic acids is 1. The number of carboxylic acids is 1. The van der Waals surface area contributed by atoms with Crippen LogP contribution >= 0.6 is 11.3 Å². The molecule has 30 heavy (non-hydrogen) atoms. The smallest absolute Gasteiger partial charge is 0.416 e. The molecule has 7 nitrogen and oxygen atoms in total. The molecule has 0 saturated carbocycles. The van der Waals surface area contributed by atoms with Gasteiger partial charge in [0.25, 0.3) is 5.56 Å². The molecule has 0 atom stereocenters. The molecule has 2 aromatic heterocycles. The highest BCUT2D eigenvalue weighted by atomic mass is 32.1. The van der Waals surface area contributed by atoms with Gasteiger partial charge in [-0.1, -0.05) is 13.0 Å². The Bertz CT molecular complexity index is 1180. The highest BCUT2D eigenvalue weighted by molar-refractivity contribution is 7.17. The molecular weight excluding hydrogens is 423 g/mol. The zero-order valence-corrected chi connectivity index (χ0v) is 16.4. The summed E-state index contributed by atoms with van der Waals surface area (Å²) in [5, 5.41) is 12.8. The molecule has 2 N–H and O–H groups in total. The number of anilines is 1. The van der Waals surface area contributed by atoms with Gasteiger partial charge in [-0.15, -0.1) is 11.3 Å². The average molecular weight is 439 g/mol. The van der Waals surface area contributed by atoms with Gasteiger partial charge in [-0.05, 0) is 24.6 Å². The van der Waals surface area contributed by atoms with Crippen molar-refractivity contribution >= 4 is 39.1 Å². The van der Waals surface area contributed by atoms with E-state index >= 15 is 0 Å². The number of aryl methyl sites for hydroxylation is 1. The van der Waals surface area contributed by atoms with Gasteiger partial charge in [-0.3, -0.25) is 14.2 Å². The molecule has 1 aromatic carbocycles. The fraction of sp³-hybridized carbons (Fsp3) is 0.263. The van der Waals surface area contributed by atoms with Crippen molar-refractivity contribution in [1.82, 2.24) is 9.55 Å². The van der Waals surface area contributed by atoms with Gasteiger partial charge in [0.15, 0.2) is 0 Å². The van der Waals surface area contributed by atoms with Crippen LogP contribution in [-0.2, 0) is 23.9 Å². The molecule has 3 rings (SSSR count). The fourth-order valence-electron chi connectivity index (χ4n) is 2.92. The van der Waals surface area contributed by atoms with Gasteiger partial charge in [0.1, 0.15) is 17.2 Å². The van der Waals surface area contributed by atoms with E-state index in [4.69, 9.17) is 0 Å². The van der Waals surface area contributed by atoms with E-state index in [0.29, 0.717) is 18.7 Å². The van der Waals surface area contributed by atoms with E-state index in [1.807, 2.05) is 6.92 Å². The molecule has 0 aliphatic carbocycles. The maximum atomic E-state index is 12.9. The molecule has 158 valence electrons. The first-order chi connectivity index (χ1) is 14.1. The van der Waals surface area contributed by atoms with Crippen LogP contribution in [0.4, 0.5) is 18.9 Å². The molecule has 0 aliphatic heterocycles. The maximum Gasteiger partial charge on any atom is 0.416 e. The Hall–Kier alpha value is -3.21. The molecule has 0 spiro atoms. The average Bonchev–Trinajstić information content (AvgIpc) is 3.09. The van der Waals surface area contributed by atoms with Gasteiger partial charge < -0.3 is 10.4 Å². The number of thiophene rings is 1. The van der Waals surface area contributed by atoms with Crippen LogP contribution in [0.1, 0.15) is 35.1 Å². The summed E-state index contributed by atoms with van der Waals surface area (Å²) in [6, 6.07) is 4.12. The number of amides is 1. The van der Waals surface area contributed by atoms with Crippen LogP contribution in [-0.4, -0.2) is 26.5 Å². The Morgan fingerprint density at radius 3 is 2.67 bits per heavy atom. The normalized spacial score (nSPS) is 11.6. The number of rotatable bonds is 6. The molecule has 1 amide bonds. The topological polar surface area (TPSA) is 101 Å². The molecule has 0 fully saturated rings. The van der Waals surface area contributed by atoms with Gasteiger partial charge >= 0.3 is 12.1 Å². The van der Waals surface area contributed by atoms with Crippen molar-refractivity contribution in [2.24, 2.45) is 0 Å². The SMILES string of the molecule is CCCc1nc2scc(C(=O)O)c2c(=O)n1CC(=O)Nc1cccc(C(F)(F)F)c1. The predicted molar refractivity (Wildman–Crippen MR) is 105 cm³/mol. The number of alkyl halides is 3. The number of benzene rings is 1. The van der Waals surface area contributed by atoms with Gasteiger partial charge in [0, 0.05) is 17.5 Å². The minimum atomic E-state index is -4.56. The molecular formula is C19H16F3N3O4S. The lowest BCUT2D eigenvalue weighted by Gasteiger charge is -2.13. The fourth-order valence-corrected chi connectivity index (χ4v) is 3.84. The van der Waals surface area contributed by atoms with Crippen molar-refractivity contribution in [3.8, 4) is 0 Å². The summed E-state index contributed by atoms with van der Waals surface area (Å²) in [5.41, 5.74) is -1.88. The van der Waals surface area contributed by atoms with Crippen LogP contribution in [0.15, 0.2) is 34.4 Å². The highest BCUT2D eigenvalue weighted by Crippen LogP contribution is 2.30. The molecule has 0 bridgehead atoms. The zero-order chi connectivity index (χ0) is 22.1. The van der Waals surface area contributed by atoms with E-state index in [0.717, 1.165) is 34.1 Å². The molecule has 0 saturated heterocycles. The monoisotopic (exact) mass is 439 g/mol. The number of carboxylic acid groups (broad SMARTS) is 1. The van der Waals surface area contributed by atoms with Crippen molar-refractivity contribution in [3.05, 3.63) is 57.0 Å². The maximum absolute atomic E-state index is 12.9. The molecule has 11 heteroatoms. The summed E-state index contributed by atoms with van der Waals surface area (Å²) in [7, 11) is 0. The van der Waals surface area contributed by atoms with Crippen LogP contribution in [0.5, 0.6) is 0 Å². The summed E-state index contributed by atoms with van der Waals surface area (Å²) < 4.78 is 39.6. The Kier molecular flexibility index (Phi) is 5.92. The minimum Gasteiger partial charge on any atom is -0.478 e. The lowest BCUT2D eigenvalue weighted by atomic mass is 10.2. The number of carbonyl (C=O) groups excluding carboxylic acids is 1. The van der Waals surface area contributed by atoms with Crippen molar-refractivity contribution < 1.29 is 27.9 Å². The second-order valence-corrected chi connectivity index (χ2v) is 7.29. The zero-order valence-electron chi connectivity index (χ0n) is 15.6. The first kappa shape index (κ1) is 21.5. The van der Waals surface area contributed by atoms with Gasteiger partial charge in [-0.25, -0.2) is 9.78 Å². The van der Waals surface area contributed by atoms with Crippen molar-refractivity contribution in [2.75, 3.05) is 5.32 Å². The standard InChI is InChI=1S/C19H16F3N3O4S/c1-2-4-13-24-16-15(12(9-30-16)18(28)29)17(27)25(13)8-14(26)23-11-6-3-5-10(7-11)19(20,21)22/h3,5-7,9H,2,4,8H2,1H3,(H,23,26)(H,28,29).